The number of benzene rings is 1. The predicted octanol–water partition coefficient (Wildman–Crippen LogP) is 4.55. The highest BCUT2D eigenvalue weighted by Crippen LogP contribution is 2.53. The molecule has 3 aromatic rings. The van der Waals surface area contributed by atoms with Crippen LogP contribution >= 0.6 is 22.7 Å². The number of carbonyl (C=O) groups is 1. The Hall–Kier alpha value is -2.18. The standard InChI is InChI=1S/C19H18N2O2S2/c1-19(17(22)21-18-20-7-9-25-18)11-12-5-6-13(23-2)10-14(12)16(19)15-4-3-8-24-15/h3-10,16H,11H2,1-2H3,(H,20,21,22)/t16?,19-/m1/s1. The third-order valence-corrected chi connectivity index (χ3v) is 6.48. The quantitative estimate of drug-likeness (QED) is 0.733. The monoisotopic (exact) mass is 370 g/mol. The number of nitrogens with zero attached hydrogens (tertiary/aromatic N) is 1. The molecule has 2 aromatic heterocycles. The number of rotatable bonds is 4. The van der Waals surface area contributed by atoms with Crippen LogP contribution in [0.4, 0.5) is 5.13 Å². The van der Waals surface area contributed by atoms with Gasteiger partial charge in [0.05, 0.1) is 12.5 Å². The molecule has 0 saturated carbocycles. The predicted molar refractivity (Wildman–Crippen MR) is 102 cm³/mol. The van der Waals surface area contributed by atoms with Crippen LogP contribution in [0.1, 0.15) is 28.8 Å². The van der Waals surface area contributed by atoms with Gasteiger partial charge in [-0.05, 0) is 48.1 Å². The van der Waals surface area contributed by atoms with E-state index in [2.05, 4.69) is 33.9 Å². The van der Waals surface area contributed by atoms with Crippen LogP contribution in [0.3, 0.4) is 0 Å². The molecular formula is C19H18N2O2S2. The van der Waals surface area contributed by atoms with Crippen molar-refractivity contribution in [3.8, 4) is 5.75 Å². The van der Waals surface area contributed by atoms with Gasteiger partial charge in [0.15, 0.2) is 5.13 Å². The molecule has 1 amide bonds. The number of aromatic nitrogens is 1. The van der Waals surface area contributed by atoms with Crippen LogP contribution in [0.15, 0.2) is 47.3 Å². The molecule has 2 heterocycles. The molecule has 0 aliphatic heterocycles. The number of fused-ring (bicyclic) bond motifs is 1. The third-order valence-electron chi connectivity index (χ3n) is 4.86. The van der Waals surface area contributed by atoms with Gasteiger partial charge >= 0.3 is 0 Å². The van der Waals surface area contributed by atoms with Gasteiger partial charge in [0.2, 0.25) is 5.91 Å². The first-order valence-electron chi connectivity index (χ1n) is 8.03. The number of thiazole rings is 1. The normalized spacial score (nSPS) is 21.8. The lowest BCUT2D eigenvalue weighted by atomic mass is 9.76. The molecule has 0 bridgehead atoms. The molecule has 1 aliphatic rings. The molecule has 0 fully saturated rings. The van der Waals surface area contributed by atoms with Gasteiger partial charge in [-0.1, -0.05) is 12.1 Å². The lowest BCUT2D eigenvalue weighted by Crippen LogP contribution is -2.37. The van der Waals surface area contributed by atoms with Crippen LogP contribution in [0.25, 0.3) is 0 Å². The van der Waals surface area contributed by atoms with Crippen LogP contribution in [-0.2, 0) is 11.2 Å². The van der Waals surface area contributed by atoms with Crippen LogP contribution < -0.4 is 10.1 Å². The summed E-state index contributed by atoms with van der Waals surface area (Å²) in [5.74, 6) is 0.846. The number of carbonyl (C=O) groups excluding carboxylic acids is 1. The highest BCUT2D eigenvalue weighted by molar-refractivity contribution is 7.13. The van der Waals surface area contributed by atoms with E-state index >= 15 is 0 Å². The van der Waals surface area contributed by atoms with E-state index in [0.717, 1.165) is 5.75 Å². The number of methoxy groups -OCH3 is 1. The highest BCUT2D eigenvalue weighted by atomic mass is 32.1. The van der Waals surface area contributed by atoms with Gasteiger partial charge in [0, 0.05) is 22.4 Å². The van der Waals surface area contributed by atoms with E-state index in [0.29, 0.717) is 11.6 Å². The molecule has 4 rings (SSSR count). The Bertz CT molecular complexity index is 890. The summed E-state index contributed by atoms with van der Waals surface area (Å²) in [6, 6.07) is 10.3. The fourth-order valence-electron chi connectivity index (χ4n) is 3.63. The molecule has 128 valence electrons. The number of hydrogen-bond acceptors (Lipinski definition) is 5. The van der Waals surface area contributed by atoms with Gasteiger partial charge < -0.3 is 10.1 Å². The van der Waals surface area contributed by atoms with Crippen molar-refractivity contribution in [1.29, 1.82) is 0 Å². The Morgan fingerprint density at radius 2 is 2.20 bits per heavy atom. The topological polar surface area (TPSA) is 51.2 Å². The Morgan fingerprint density at radius 3 is 2.88 bits per heavy atom. The van der Waals surface area contributed by atoms with E-state index in [1.165, 1.54) is 27.3 Å². The maximum atomic E-state index is 13.2. The van der Waals surface area contributed by atoms with Crippen molar-refractivity contribution in [2.75, 3.05) is 12.4 Å². The van der Waals surface area contributed by atoms with E-state index < -0.39 is 5.41 Å². The smallest absolute Gasteiger partial charge is 0.233 e. The highest BCUT2D eigenvalue weighted by Gasteiger charge is 2.49. The van der Waals surface area contributed by atoms with Crippen molar-refractivity contribution in [3.63, 3.8) is 0 Å². The van der Waals surface area contributed by atoms with Crippen molar-refractivity contribution in [2.45, 2.75) is 19.3 Å². The molecule has 1 aliphatic carbocycles. The van der Waals surface area contributed by atoms with Crippen LogP contribution in [-0.4, -0.2) is 18.0 Å². The second kappa shape index (κ2) is 6.28. The summed E-state index contributed by atoms with van der Waals surface area (Å²) in [6.45, 7) is 2.05. The number of amides is 1. The van der Waals surface area contributed by atoms with E-state index in [4.69, 9.17) is 4.74 Å². The fraction of sp³-hybridized carbons (Fsp3) is 0.263. The van der Waals surface area contributed by atoms with Gasteiger partial charge in [-0.2, -0.15) is 0 Å². The lowest BCUT2D eigenvalue weighted by molar-refractivity contribution is -0.125. The SMILES string of the molecule is COc1ccc2c(c1)C(c1cccs1)[C@](C)(C(=O)Nc1nccs1)C2. The molecule has 1 unspecified atom stereocenters. The Balaban J connectivity index is 1.77. The molecule has 25 heavy (non-hydrogen) atoms. The Kier molecular flexibility index (Phi) is 4.09. The van der Waals surface area contributed by atoms with E-state index in [9.17, 15) is 4.79 Å². The number of hydrogen-bond donors (Lipinski definition) is 1. The molecular weight excluding hydrogens is 352 g/mol. The minimum Gasteiger partial charge on any atom is -0.497 e. The fourth-order valence-corrected chi connectivity index (χ4v) is 5.15. The average molecular weight is 370 g/mol. The van der Waals surface area contributed by atoms with Gasteiger partial charge in [0.25, 0.3) is 0 Å². The van der Waals surface area contributed by atoms with E-state index in [1.54, 1.807) is 24.6 Å². The number of ether oxygens (including phenoxy) is 1. The molecule has 2 atom stereocenters. The zero-order valence-electron chi connectivity index (χ0n) is 14.0. The Morgan fingerprint density at radius 1 is 1.32 bits per heavy atom. The second-order valence-corrected chi connectivity index (χ2v) is 8.27. The van der Waals surface area contributed by atoms with Crippen molar-refractivity contribution in [3.05, 3.63) is 63.3 Å². The third kappa shape index (κ3) is 2.75. The summed E-state index contributed by atoms with van der Waals surface area (Å²) in [4.78, 5) is 18.6. The van der Waals surface area contributed by atoms with Gasteiger partial charge in [-0.3, -0.25) is 4.79 Å². The maximum absolute atomic E-state index is 13.2. The molecule has 0 spiro atoms. The first kappa shape index (κ1) is 16.3. The molecule has 1 N–H and O–H groups in total. The van der Waals surface area contributed by atoms with Crippen LogP contribution in [0.5, 0.6) is 5.75 Å². The van der Waals surface area contributed by atoms with Crippen molar-refractivity contribution >= 4 is 33.7 Å². The van der Waals surface area contributed by atoms with Gasteiger partial charge in [-0.25, -0.2) is 4.98 Å². The minimum atomic E-state index is -0.564. The zero-order valence-corrected chi connectivity index (χ0v) is 15.6. The second-order valence-electron chi connectivity index (χ2n) is 6.40. The molecule has 1 aromatic carbocycles. The lowest BCUT2D eigenvalue weighted by Gasteiger charge is -2.29. The first-order valence-corrected chi connectivity index (χ1v) is 9.79. The Labute approximate surface area is 154 Å². The average Bonchev–Trinajstić information content (AvgIpc) is 3.33. The molecule has 4 nitrogen and oxygen atoms in total. The van der Waals surface area contributed by atoms with Crippen molar-refractivity contribution < 1.29 is 9.53 Å². The zero-order chi connectivity index (χ0) is 17.4. The number of nitrogens with one attached hydrogen (secondary N) is 1. The number of anilines is 1. The molecule has 6 heteroatoms. The summed E-state index contributed by atoms with van der Waals surface area (Å²) >= 11 is 3.13. The van der Waals surface area contributed by atoms with Crippen molar-refractivity contribution in [2.24, 2.45) is 5.41 Å². The van der Waals surface area contributed by atoms with Gasteiger partial charge in [-0.15, -0.1) is 22.7 Å². The van der Waals surface area contributed by atoms with Gasteiger partial charge in [0.1, 0.15) is 5.75 Å². The summed E-state index contributed by atoms with van der Waals surface area (Å²) in [6.07, 6.45) is 2.40. The summed E-state index contributed by atoms with van der Waals surface area (Å²) < 4.78 is 5.41. The molecule has 0 radical (unpaired) electrons. The first-order chi connectivity index (χ1) is 12.1. The summed E-state index contributed by atoms with van der Waals surface area (Å²) in [7, 11) is 1.67. The molecule has 0 saturated heterocycles. The van der Waals surface area contributed by atoms with Crippen molar-refractivity contribution in [1.82, 2.24) is 4.98 Å². The number of thiophene rings is 1. The van der Waals surface area contributed by atoms with E-state index in [-0.39, 0.29) is 11.8 Å². The van der Waals surface area contributed by atoms with E-state index in [1.807, 2.05) is 24.4 Å². The maximum Gasteiger partial charge on any atom is 0.233 e. The van der Waals surface area contributed by atoms with Crippen LogP contribution in [0, 0.1) is 5.41 Å². The largest absolute Gasteiger partial charge is 0.497 e. The summed E-state index contributed by atoms with van der Waals surface area (Å²) in [5, 5.41) is 7.57. The summed E-state index contributed by atoms with van der Waals surface area (Å²) in [5.41, 5.74) is 1.82. The minimum absolute atomic E-state index is 0.0102. The van der Waals surface area contributed by atoms with Crippen LogP contribution in [0.2, 0.25) is 0 Å².